The molecular formula is C14H19NO3. The minimum atomic E-state index is -0.876. The maximum atomic E-state index is 11.0. The summed E-state index contributed by atoms with van der Waals surface area (Å²) in [5.74, 6) is -0.369. The normalized spacial score (nSPS) is 18.5. The summed E-state index contributed by atoms with van der Waals surface area (Å²) in [6.07, 6.45) is 2.03. The van der Waals surface area contributed by atoms with Crippen LogP contribution in [0.25, 0.3) is 0 Å². The Hall–Kier alpha value is -1.39. The van der Waals surface area contributed by atoms with Crippen LogP contribution in [0, 0.1) is 5.92 Å². The molecule has 1 atom stereocenters. The molecule has 0 amide bonds. The summed E-state index contributed by atoms with van der Waals surface area (Å²) in [4.78, 5) is 11.0. The van der Waals surface area contributed by atoms with Crippen molar-refractivity contribution in [2.45, 2.75) is 18.9 Å². The minimum Gasteiger partial charge on any atom is -0.478 e. The lowest BCUT2D eigenvalue weighted by Crippen LogP contribution is -2.30. The zero-order valence-corrected chi connectivity index (χ0v) is 10.6. The molecule has 0 bridgehead atoms. The standard InChI is InChI=1S/C14H19NO3/c1-15-13(10-5-7-18-8-6-10)11-3-2-4-12(9-11)14(16)17/h2-4,9-10,13,15H,5-8H2,1H3,(H,16,17). The molecule has 1 saturated heterocycles. The molecular weight excluding hydrogens is 230 g/mol. The van der Waals surface area contributed by atoms with E-state index in [-0.39, 0.29) is 6.04 Å². The number of benzene rings is 1. The molecule has 4 heteroatoms. The Bertz CT molecular complexity index is 413. The van der Waals surface area contributed by atoms with Crippen LogP contribution in [0.4, 0.5) is 0 Å². The molecule has 1 unspecified atom stereocenters. The lowest BCUT2D eigenvalue weighted by atomic mass is 9.86. The van der Waals surface area contributed by atoms with E-state index in [2.05, 4.69) is 5.32 Å². The van der Waals surface area contributed by atoms with Crippen molar-refractivity contribution in [1.82, 2.24) is 5.32 Å². The van der Waals surface area contributed by atoms with Crippen molar-refractivity contribution in [3.05, 3.63) is 35.4 Å². The van der Waals surface area contributed by atoms with E-state index >= 15 is 0 Å². The molecule has 18 heavy (non-hydrogen) atoms. The van der Waals surface area contributed by atoms with Gasteiger partial charge in [0.1, 0.15) is 0 Å². The summed E-state index contributed by atoms with van der Waals surface area (Å²) in [7, 11) is 1.92. The van der Waals surface area contributed by atoms with Gasteiger partial charge in [0, 0.05) is 19.3 Å². The first-order valence-corrected chi connectivity index (χ1v) is 6.30. The number of aromatic carboxylic acids is 1. The van der Waals surface area contributed by atoms with E-state index in [1.807, 2.05) is 19.2 Å². The van der Waals surface area contributed by atoms with Crippen molar-refractivity contribution in [3.63, 3.8) is 0 Å². The first-order chi connectivity index (χ1) is 8.72. The highest BCUT2D eigenvalue weighted by Crippen LogP contribution is 2.30. The second-order valence-corrected chi connectivity index (χ2v) is 4.65. The fraction of sp³-hybridized carbons (Fsp3) is 0.500. The molecule has 1 aromatic carbocycles. The molecule has 2 rings (SSSR count). The zero-order valence-electron chi connectivity index (χ0n) is 10.6. The van der Waals surface area contributed by atoms with E-state index in [0.717, 1.165) is 31.6 Å². The van der Waals surface area contributed by atoms with Crippen LogP contribution < -0.4 is 5.32 Å². The molecule has 1 aliphatic heterocycles. The third-order valence-corrected chi connectivity index (χ3v) is 3.54. The van der Waals surface area contributed by atoms with Crippen LogP contribution in [0.3, 0.4) is 0 Å². The average Bonchev–Trinajstić information content (AvgIpc) is 2.41. The van der Waals surface area contributed by atoms with Gasteiger partial charge >= 0.3 is 5.97 Å². The summed E-state index contributed by atoms with van der Waals surface area (Å²) in [6.45, 7) is 1.59. The van der Waals surface area contributed by atoms with Crippen LogP contribution in [-0.4, -0.2) is 31.3 Å². The van der Waals surface area contributed by atoms with Gasteiger partial charge in [0.15, 0.2) is 0 Å². The Morgan fingerprint density at radius 1 is 1.44 bits per heavy atom. The number of carboxylic acids is 1. The topological polar surface area (TPSA) is 58.6 Å². The van der Waals surface area contributed by atoms with Crippen molar-refractivity contribution in [2.75, 3.05) is 20.3 Å². The van der Waals surface area contributed by atoms with Gasteiger partial charge in [-0.15, -0.1) is 0 Å². The number of nitrogens with one attached hydrogen (secondary N) is 1. The summed E-state index contributed by atoms with van der Waals surface area (Å²) in [5.41, 5.74) is 1.39. The SMILES string of the molecule is CNC(c1cccc(C(=O)O)c1)C1CCOCC1. The van der Waals surface area contributed by atoms with Gasteiger partial charge < -0.3 is 15.2 Å². The smallest absolute Gasteiger partial charge is 0.335 e. The Morgan fingerprint density at radius 2 is 2.17 bits per heavy atom. The van der Waals surface area contributed by atoms with Gasteiger partial charge in [-0.05, 0) is 43.5 Å². The Kier molecular flexibility index (Phi) is 4.33. The second kappa shape index (κ2) is 5.98. The van der Waals surface area contributed by atoms with Gasteiger partial charge in [0.25, 0.3) is 0 Å². The molecule has 0 aromatic heterocycles. The lowest BCUT2D eigenvalue weighted by Gasteiger charge is -2.30. The van der Waals surface area contributed by atoms with Crippen LogP contribution in [0.15, 0.2) is 24.3 Å². The van der Waals surface area contributed by atoms with E-state index in [9.17, 15) is 4.79 Å². The highest BCUT2D eigenvalue weighted by molar-refractivity contribution is 5.87. The van der Waals surface area contributed by atoms with Crippen LogP contribution in [0.5, 0.6) is 0 Å². The highest BCUT2D eigenvalue weighted by Gasteiger charge is 2.24. The van der Waals surface area contributed by atoms with Crippen LogP contribution in [0.1, 0.15) is 34.8 Å². The van der Waals surface area contributed by atoms with Crippen molar-refractivity contribution in [2.24, 2.45) is 5.92 Å². The van der Waals surface area contributed by atoms with E-state index in [1.165, 1.54) is 0 Å². The van der Waals surface area contributed by atoms with E-state index in [1.54, 1.807) is 12.1 Å². The lowest BCUT2D eigenvalue weighted by molar-refractivity contribution is 0.0545. The first kappa shape index (κ1) is 13.1. The average molecular weight is 249 g/mol. The van der Waals surface area contributed by atoms with E-state index in [4.69, 9.17) is 9.84 Å². The highest BCUT2D eigenvalue weighted by atomic mass is 16.5. The van der Waals surface area contributed by atoms with Crippen molar-refractivity contribution >= 4 is 5.97 Å². The third-order valence-electron chi connectivity index (χ3n) is 3.54. The Labute approximate surface area is 107 Å². The maximum Gasteiger partial charge on any atom is 0.335 e. The molecule has 2 N–H and O–H groups in total. The molecule has 1 aromatic rings. The van der Waals surface area contributed by atoms with Gasteiger partial charge in [-0.3, -0.25) is 0 Å². The molecule has 1 heterocycles. The number of hydrogen-bond donors (Lipinski definition) is 2. The van der Waals surface area contributed by atoms with E-state index in [0.29, 0.717) is 11.5 Å². The molecule has 0 aliphatic carbocycles. The van der Waals surface area contributed by atoms with E-state index < -0.39 is 5.97 Å². The summed E-state index contributed by atoms with van der Waals surface area (Å²) in [5, 5.41) is 12.3. The minimum absolute atomic E-state index is 0.202. The number of hydrogen-bond acceptors (Lipinski definition) is 3. The monoisotopic (exact) mass is 249 g/mol. The summed E-state index contributed by atoms with van der Waals surface area (Å²) < 4.78 is 5.37. The molecule has 0 saturated carbocycles. The summed E-state index contributed by atoms with van der Waals surface area (Å²) >= 11 is 0. The van der Waals surface area contributed by atoms with Crippen molar-refractivity contribution in [1.29, 1.82) is 0 Å². The predicted molar refractivity (Wildman–Crippen MR) is 68.7 cm³/mol. The van der Waals surface area contributed by atoms with Crippen LogP contribution >= 0.6 is 0 Å². The quantitative estimate of drug-likeness (QED) is 0.857. The molecule has 0 spiro atoms. The number of ether oxygens (including phenoxy) is 1. The van der Waals surface area contributed by atoms with Crippen LogP contribution in [-0.2, 0) is 4.74 Å². The first-order valence-electron chi connectivity index (χ1n) is 6.30. The summed E-state index contributed by atoms with van der Waals surface area (Å²) in [6, 6.07) is 7.39. The molecule has 4 nitrogen and oxygen atoms in total. The Morgan fingerprint density at radius 3 is 2.78 bits per heavy atom. The molecule has 1 aliphatic rings. The Balaban J connectivity index is 2.20. The largest absolute Gasteiger partial charge is 0.478 e. The van der Waals surface area contributed by atoms with Gasteiger partial charge in [-0.1, -0.05) is 12.1 Å². The van der Waals surface area contributed by atoms with Gasteiger partial charge in [0.05, 0.1) is 5.56 Å². The van der Waals surface area contributed by atoms with Gasteiger partial charge in [-0.25, -0.2) is 4.79 Å². The van der Waals surface area contributed by atoms with Crippen LogP contribution in [0.2, 0.25) is 0 Å². The maximum absolute atomic E-state index is 11.0. The fourth-order valence-corrected chi connectivity index (χ4v) is 2.59. The predicted octanol–water partition coefficient (Wildman–Crippen LogP) is 2.07. The third kappa shape index (κ3) is 2.89. The van der Waals surface area contributed by atoms with Crippen molar-refractivity contribution in [3.8, 4) is 0 Å². The molecule has 0 radical (unpaired) electrons. The number of carbonyl (C=O) groups is 1. The van der Waals surface area contributed by atoms with Crippen molar-refractivity contribution < 1.29 is 14.6 Å². The zero-order chi connectivity index (χ0) is 13.0. The van der Waals surface area contributed by atoms with Gasteiger partial charge in [0.2, 0.25) is 0 Å². The van der Waals surface area contributed by atoms with Gasteiger partial charge in [-0.2, -0.15) is 0 Å². The number of rotatable bonds is 4. The number of carboxylic acid groups (broad SMARTS) is 1. The molecule has 1 fully saturated rings. The second-order valence-electron chi connectivity index (χ2n) is 4.65. The fourth-order valence-electron chi connectivity index (χ4n) is 2.59. The molecule has 98 valence electrons.